The molecule has 0 saturated heterocycles. The first-order valence-electron chi connectivity index (χ1n) is 11.9. The number of hydrogen-bond acceptors (Lipinski definition) is 7. The number of nitrogens with one attached hydrogen (secondary N) is 1. The largest absolute Gasteiger partial charge is 0.497 e. The highest BCUT2D eigenvalue weighted by Gasteiger charge is 2.39. The molecule has 38 heavy (non-hydrogen) atoms. The lowest BCUT2D eigenvalue weighted by molar-refractivity contribution is -0.121. The zero-order valence-corrected chi connectivity index (χ0v) is 21.6. The van der Waals surface area contributed by atoms with Gasteiger partial charge in [0.15, 0.2) is 5.17 Å². The molecule has 8 nitrogen and oxygen atoms in total. The van der Waals surface area contributed by atoms with Gasteiger partial charge in [-0.2, -0.15) is 10.1 Å². The molecule has 2 aliphatic heterocycles. The van der Waals surface area contributed by atoms with Crippen LogP contribution in [0.1, 0.15) is 30.0 Å². The number of hydrazone groups is 1. The quantitative estimate of drug-likeness (QED) is 0.459. The Balaban J connectivity index is 1.33. The first-order valence-corrected chi connectivity index (χ1v) is 12.8. The Hall–Kier alpha value is -4.18. The molecule has 2 amide bonds. The Morgan fingerprint density at radius 2 is 1.63 bits per heavy atom. The molecule has 0 aromatic heterocycles. The first-order chi connectivity index (χ1) is 18.4. The van der Waals surface area contributed by atoms with E-state index in [1.54, 1.807) is 55.6 Å². The van der Waals surface area contributed by atoms with Crippen LogP contribution >= 0.6 is 11.8 Å². The van der Waals surface area contributed by atoms with Crippen LogP contribution in [0.5, 0.6) is 11.5 Å². The van der Waals surface area contributed by atoms with E-state index in [2.05, 4.69) is 10.3 Å². The Morgan fingerprint density at radius 1 is 1.00 bits per heavy atom. The summed E-state index contributed by atoms with van der Waals surface area (Å²) in [7, 11) is 3.17. The summed E-state index contributed by atoms with van der Waals surface area (Å²) in [6.07, 6.45) is 0.501. The number of halogens is 1. The molecule has 0 radical (unpaired) electrons. The Labute approximate surface area is 223 Å². The van der Waals surface area contributed by atoms with E-state index in [1.165, 1.54) is 23.9 Å². The molecule has 3 aromatic carbocycles. The average Bonchev–Trinajstić information content (AvgIpc) is 3.53. The number of aliphatic imine (C=N–C) groups is 1. The molecular weight excluding hydrogens is 507 g/mol. The number of hydrogen-bond donors (Lipinski definition) is 1. The molecule has 1 N–H and O–H groups in total. The molecule has 194 valence electrons. The van der Waals surface area contributed by atoms with E-state index < -0.39 is 5.25 Å². The maximum atomic E-state index is 13.6. The van der Waals surface area contributed by atoms with Gasteiger partial charge in [0.25, 0.3) is 5.91 Å². The Morgan fingerprint density at radius 3 is 2.26 bits per heavy atom. The van der Waals surface area contributed by atoms with Gasteiger partial charge in [0.1, 0.15) is 22.6 Å². The van der Waals surface area contributed by atoms with E-state index in [4.69, 9.17) is 14.6 Å². The summed E-state index contributed by atoms with van der Waals surface area (Å²) in [6.45, 7) is 0. The molecule has 0 spiro atoms. The minimum atomic E-state index is -0.669. The smallest absolute Gasteiger partial charge is 0.262 e. The second-order valence-corrected chi connectivity index (χ2v) is 9.88. The fourth-order valence-electron chi connectivity index (χ4n) is 4.25. The lowest BCUT2D eigenvalue weighted by Gasteiger charge is -2.23. The second kappa shape index (κ2) is 11.1. The molecule has 0 fully saturated rings. The average molecular weight is 533 g/mol. The number of amides is 2. The molecule has 0 aliphatic carbocycles. The van der Waals surface area contributed by atoms with Gasteiger partial charge >= 0.3 is 0 Å². The van der Waals surface area contributed by atoms with Crippen LogP contribution in [0.2, 0.25) is 0 Å². The van der Waals surface area contributed by atoms with Gasteiger partial charge in [0, 0.05) is 18.5 Å². The van der Waals surface area contributed by atoms with Crippen LogP contribution in [0.4, 0.5) is 10.1 Å². The number of carbonyl (C=O) groups is 2. The fraction of sp³-hybridized carbons (Fsp3) is 0.214. The molecule has 5 rings (SSSR count). The van der Waals surface area contributed by atoms with E-state index in [9.17, 15) is 14.0 Å². The number of anilines is 1. The van der Waals surface area contributed by atoms with Crippen molar-refractivity contribution < 1.29 is 23.5 Å². The van der Waals surface area contributed by atoms with Crippen molar-refractivity contribution in [2.24, 2.45) is 10.1 Å². The van der Waals surface area contributed by atoms with Gasteiger partial charge in [-0.05, 0) is 71.8 Å². The van der Waals surface area contributed by atoms with E-state index in [0.29, 0.717) is 23.0 Å². The van der Waals surface area contributed by atoms with Gasteiger partial charge in [-0.3, -0.25) is 9.59 Å². The number of thioether (sulfide) groups is 1. The number of benzene rings is 3. The lowest BCUT2D eigenvalue weighted by atomic mass is 9.98. The van der Waals surface area contributed by atoms with Crippen LogP contribution in [0, 0.1) is 5.82 Å². The zero-order chi connectivity index (χ0) is 26.6. The first kappa shape index (κ1) is 25.5. The summed E-state index contributed by atoms with van der Waals surface area (Å²) < 4.78 is 24.0. The van der Waals surface area contributed by atoms with Gasteiger partial charge in [-0.25, -0.2) is 9.40 Å². The second-order valence-electron chi connectivity index (χ2n) is 8.71. The summed E-state index contributed by atoms with van der Waals surface area (Å²) in [6, 6.07) is 20.5. The van der Waals surface area contributed by atoms with E-state index in [0.717, 1.165) is 22.6 Å². The highest BCUT2D eigenvalue weighted by molar-refractivity contribution is 8.15. The lowest BCUT2D eigenvalue weighted by Crippen LogP contribution is -2.25. The van der Waals surface area contributed by atoms with Crippen molar-refractivity contribution in [2.45, 2.75) is 24.1 Å². The molecule has 2 atom stereocenters. The van der Waals surface area contributed by atoms with Crippen LogP contribution in [0.15, 0.2) is 82.9 Å². The van der Waals surface area contributed by atoms with Gasteiger partial charge in [-0.15, -0.1) is 0 Å². The summed E-state index contributed by atoms with van der Waals surface area (Å²) in [5, 5.41) is 9.06. The number of carbonyl (C=O) groups excluding carboxylic acids is 2. The summed E-state index contributed by atoms with van der Waals surface area (Å²) in [5.41, 5.74) is 3.16. The molecular formula is C28H25FN4O4S. The van der Waals surface area contributed by atoms with Crippen LogP contribution in [-0.2, 0) is 9.59 Å². The van der Waals surface area contributed by atoms with Crippen molar-refractivity contribution in [1.82, 2.24) is 5.01 Å². The molecule has 0 bridgehead atoms. The Kier molecular flexibility index (Phi) is 7.41. The molecule has 0 unspecified atom stereocenters. The summed E-state index contributed by atoms with van der Waals surface area (Å²) in [4.78, 5) is 29.7. The number of rotatable bonds is 7. The van der Waals surface area contributed by atoms with Crippen molar-refractivity contribution in [3.8, 4) is 11.5 Å². The normalized spacial score (nSPS) is 18.7. The fourth-order valence-corrected chi connectivity index (χ4v) is 5.31. The number of amidine groups is 1. The molecule has 3 aromatic rings. The maximum Gasteiger partial charge on any atom is 0.262 e. The third-order valence-corrected chi connectivity index (χ3v) is 7.40. The topological polar surface area (TPSA) is 92.6 Å². The number of nitrogens with zero attached hydrogens (tertiary/aromatic N) is 3. The predicted molar refractivity (Wildman–Crippen MR) is 145 cm³/mol. The van der Waals surface area contributed by atoms with Crippen LogP contribution in [0.3, 0.4) is 0 Å². The van der Waals surface area contributed by atoms with Crippen molar-refractivity contribution in [2.75, 3.05) is 19.5 Å². The van der Waals surface area contributed by atoms with Crippen molar-refractivity contribution in [3.63, 3.8) is 0 Å². The molecule has 0 saturated carbocycles. The molecule has 2 heterocycles. The zero-order valence-electron chi connectivity index (χ0n) is 20.8. The SMILES string of the molecule is COc1ccc(NC(=O)C[C@@H]2SC(N3N=C(c4ccc(OC)cc4)C[C@H]3c3ccc(F)cc3)=NC2=O)cc1. The van der Waals surface area contributed by atoms with Crippen molar-refractivity contribution in [3.05, 3.63) is 89.7 Å². The minimum Gasteiger partial charge on any atom is -0.497 e. The third kappa shape index (κ3) is 5.55. The molecule has 10 heteroatoms. The van der Waals surface area contributed by atoms with Crippen molar-refractivity contribution >= 4 is 40.1 Å². The maximum absolute atomic E-state index is 13.6. The van der Waals surface area contributed by atoms with Crippen LogP contribution in [-0.4, -0.2) is 47.2 Å². The van der Waals surface area contributed by atoms with Crippen molar-refractivity contribution in [1.29, 1.82) is 0 Å². The molecule has 2 aliphatic rings. The van der Waals surface area contributed by atoms with Gasteiger partial charge in [0.05, 0.1) is 26.0 Å². The third-order valence-electron chi connectivity index (χ3n) is 6.26. The summed E-state index contributed by atoms with van der Waals surface area (Å²) >= 11 is 1.21. The highest BCUT2D eigenvalue weighted by atomic mass is 32.2. The number of ether oxygens (including phenoxy) is 2. The highest BCUT2D eigenvalue weighted by Crippen LogP contribution is 2.38. The van der Waals surface area contributed by atoms with E-state index in [-0.39, 0.29) is 30.1 Å². The van der Waals surface area contributed by atoms with Gasteiger partial charge in [0.2, 0.25) is 5.91 Å². The van der Waals surface area contributed by atoms with Gasteiger partial charge in [-0.1, -0.05) is 23.9 Å². The van der Waals surface area contributed by atoms with E-state index in [1.807, 2.05) is 24.3 Å². The Bertz CT molecular complexity index is 1390. The van der Waals surface area contributed by atoms with Crippen LogP contribution < -0.4 is 14.8 Å². The standard InChI is InChI=1S/C28H25FN4O4S/c1-36-21-11-5-17(6-12-21)23-15-24(18-3-7-19(29)8-4-18)33(32-23)28-31-27(35)25(38-28)16-26(34)30-20-9-13-22(37-2)14-10-20/h3-14,24-25H,15-16H2,1-2H3,(H,30,34)/t24-,25-/m0/s1. The van der Waals surface area contributed by atoms with Crippen LogP contribution in [0.25, 0.3) is 0 Å². The predicted octanol–water partition coefficient (Wildman–Crippen LogP) is 5.02. The van der Waals surface area contributed by atoms with E-state index >= 15 is 0 Å². The number of methoxy groups -OCH3 is 2. The summed E-state index contributed by atoms with van der Waals surface area (Å²) in [5.74, 6) is 0.396. The minimum absolute atomic E-state index is 0.0351. The van der Waals surface area contributed by atoms with Gasteiger partial charge < -0.3 is 14.8 Å². The monoisotopic (exact) mass is 532 g/mol.